The van der Waals surface area contributed by atoms with Crippen molar-refractivity contribution in [2.24, 2.45) is 0 Å². The molecule has 0 aromatic heterocycles. The van der Waals surface area contributed by atoms with Crippen LogP contribution in [0.5, 0.6) is 0 Å². The SMILES string of the molecule is O.O.O.O.O.O.O=[N+]([O-])[O-].[Mn+3]. The van der Waals surface area contributed by atoms with E-state index < -0.39 is 5.09 Å². The van der Waals surface area contributed by atoms with Crippen LogP contribution < -0.4 is 0 Å². The van der Waals surface area contributed by atoms with Gasteiger partial charge >= 0.3 is 17.1 Å². The molecule has 76 valence electrons. The summed E-state index contributed by atoms with van der Waals surface area (Å²) < 4.78 is 0. The van der Waals surface area contributed by atoms with Crippen LogP contribution >= 0.6 is 0 Å². The van der Waals surface area contributed by atoms with Gasteiger partial charge in [0.05, 0.1) is 5.09 Å². The molecule has 0 saturated carbocycles. The van der Waals surface area contributed by atoms with Gasteiger partial charge in [0.25, 0.3) is 0 Å². The van der Waals surface area contributed by atoms with Crippen molar-refractivity contribution < 1.29 is 55.0 Å². The molecule has 11 heteroatoms. The van der Waals surface area contributed by atoms with E-state index in [-0.39, 0.29) is 49.9 Å². The van der Waals surface area contributed by atoms with E-state index in [2.05, 4.69) is 0 Å². The second-order valence-corrected chi connectivity index (χ2v) is 0.224. The van der Waals surface area contributed by atoms with E-state index in [1.807, 2.05) is 0 Å². The third kappa shape index (κ3) is 1960. The molecule has 10 nitrogen and oxygen atoms in total. The predicted octanol–water partition coefficient (Wildman–Crippen LogP) is -5.19. The maximum atomic E-state index is 8.25. The summed E-state index contributed by atoms with van der Waals surface area (Å²) in [6.07, 6.45) is 0. The Labute approximate surface area is 71.3 Å². The van der Waals surface area contributed by atoms with E-state index in [1.54, 1.807) is 0 Å². The summed E-state index contributed by atoms with van der Waals surface area (Å²) >= 11 is 0. The molecular formula is H12MnNO9+2. The van der Waals surface area contributed by atoms with Gasteiger partial charge in [-0.05, 0) is 0 Å². The summed E-state index contributed by atoms with van der Waals surface area (Å²) in [5, 5.41) is 14.8. The predicted molar refractivity (Wildman–Crippen MR) is 32.0 cm³/mol. The maximum Gasteiger partial charge on any atom is 3.00 e. The molecule has 0 saturated heterocycles. The standard InChI is InChI=1S/Mn.NO3.6H2O/c;2-1(3)4;;;;;;/h;;6*1H2/q+3;-1;;;;;;. The van der Waals surface area contributed by atoms with Crippen molar-refractivity contribution in [2.45, 2.75) is 0 Å². The second kappa shape index (κ2) is 111. The molecule has 0 amide bonds. The third-order valence-corrected chi connectivity index (χ3v) is 0. The number of hydrogen-bond donors (Lipinski definition) is 0. The van der Waals surface area contributed by atoms with Crippen LogP contribution in [0.25, 0.3) is 0 Å². The zero-order valence-electron chi connectivity index (χ0n) is 5.05. The first-order valence-electron chi connectivity index (χ1n) is 0.548. The smallest absolute Gasteiger partial charge is 0.412 e. The second-order valence-electron chi connectivity index (χ2n) is 0.224. The Hall–Kier alpha value is -0.521. The van der Waals surface area contributed by atoms with Gasteiger partial charge in [-0.1, -0.05) is 0 Å². The van der Waals surface area contributed by atoms with Gasteiger partial charge in [-0.15, -0.1) is 0 Å². The molecule has 11 heavy (non-hydrogen) atoms. The monoisotopic (exact) mass is 225 g/mol. The van der Waals surface area contributed by atoms with Gasteiger partial charge in [-0.2, -0.15) is 0 Å². The minimum absolute atomic E-state index is 0. The van der Waals surface area contributed by atoms with Crippen LogP contribution in [0.1, 0.15) is 0 Å². The van der Waals surface area contributed by atoms with Gasteiger partial charge in [-0.25, -0.2) is 0 Å². The molecule has 12 N–H and O–H groups in total. The van der Waals surface area contributed by atoms with Crippen molar-refractivity contribution >= 4 is 0 Å². The summed E-state index contributed by atoms with van der Waals surface area (Å²) in [5.41, 5.74) is 0. The number of rotatable bonds is 0. The topological polar surface area (TPSA) is 255 Å². The van der Waals surface area contributed by atoms with Crippen molar-refractivity contribution in [1.29, 1.82) is 0 Å². The zero-order chi connectivity index (χ0) is 3.58. The summed E-state index contributed by atoms with van der Waals surface area (Å²) in [6.45, 7) is 0. The maximum absolute atomic E-state index is 8.25. The van der Waals surface area contributed by atoms with Gasteiger partial charge in [0.2, 0.25) is 0 Å². The minimum Gasteiger partial charge on any atom is -0.412 e. The average Bonchev–Trinajstić information content (AvgIpc) is 0.811. The molecule has 0 bridgehead atoms. The van der Waals surface area contributed by atoms with Gasteiger partial charge in [0.15, 0.2) is 0 Å². The Morgan fingerprint density at radius 2 is 0.727 bits per heavy atom. The summed E-state index contributed by atoms with van der Waals surface area (Å²) in [5.74, 6) is 0. The zero-order valence-corrected chi connectivity index (χ0v) is 6.23. The normalized spacial score (nSPS) is 2.18. The van der Waals surface area contributed by atoms with E-state index in [1.165, 1.54) is 0 Å². The van der Waals surface area contributed by atoms with E-state index >= 15 is 0 Å². The van der Waals surface area contributed by atoms with Crippen LogP contribution in [0.4, 0.5) is 0 Å². The molecule has 0 radical (unpaired) electrons. The molecule has 0 atom stereocenters. The summed E-state index contributed by atoms with van der Waals surface area (Å²) in [6, 6.07) is 0. The van der Waals surface area contributed by atoms with E-state index in [0.29, 0.717) is 0 Å². The van der Waals surface area contributed by atoms with Crippen molar-refractivity contribution in [3.63, 3.8) is 0 Å². The molecule has 0 aliphatic heterocycles. The summed E-state index contributed by atoms with van der Waals surface area (Å²) in [4.78, 5) is 8.25. The Balaban J connectivity index is -0.00000000214. The first-order chi connectivity index (χ1) is 1.73. The van der Waals surface area contributed by atoms with Gasteiger partial charge < -0.3 is 48.2 Å². The van der Waals surface area contributed by atoms with Gasteiger partial charge in [0.1, 0.15) is 0 Å². The van der Waals surface area contributed by atoms with Crippen LogP contribution in [0, 0.1) is 15.3 Å². The van der Waals surface area contributed by atoms with E-state index in [4.69, 9.17) is 15.3 Å². The van der Waals surface area contributed by atoms with Gasteiger partial charge in [0, 0.05) is 0 Å². The van der Waals surface area contributed by atoms with Crippen LogP contribution in [-0.2, 0) is 17.1 Å². The van der Waals surface area contributed by atoms with E-state index in [9.17, 15) is 0 Å². The molecule has 0 aliphatic rings. The van der Waals surface area contributed by atoms with Crippen LogP contribution in [-0.4, -0.2) is 37.9 Å². The third-order valence-electron chi connectivity index (χ3n) is 0. The minimum atomic E-state index is -1.75. The molecule has 0 rings (SSSR count). The largest absolute Gasteiger partial charge is 3.00 e. The molecule has 0 aromatic carbocycles. The molecule has 0 unspecified atom stereocenters. The van der Waals surface area contributed by atoms with Crippen molar-refractivity contribution in [1.82, 2.24) is 0 Å². The first kappa shape index (κ1) is 153. The van der Waals surface area contributed by atoms with Crippen LogP contribution in [0.15, 0.2) is 0 Å². The molecule has 0 fully saturated rings. The van der Waals surface area contributed by atoms with Crippen LogP contribution in [0.2, 0.25) is 0 Å². The average molecular weight is 225 g/mol. The number of nitrogens with zero attached hydrogens (tertiary/aromatic N) is 1. The molecule has 0 aromatic rings. The molecular weight excluding hydrogens is 213 g/mol. The Bertz CT molecular complexity index is 32.5. The van der Waals surface area contributed by atoms with Crippen molar-refractivity contribution in [3.05, 3.63) is 15.3 Å². The Morgan fingerprint density at radius 3 is 0.727 bits per heavy atom. The van der Waals surface area contributed by atoms with Crippen molar-refractivity contribution in [2.75, 3.05) is 0 Å². The fraction of sp³-hybridized carbons (Fsp3) is 0. The summed E-state index contributed by atoms with van der Waals surface area (Å²) in [7, 11) is 0. The number of hydrogen-bond acceptors (Lipinski definition) is 3. The quantitative estimate of drug-likeness (QED) is 0.222. The fourth-order valence-corrected chi connectivity index (χ4v) is 0. The van der Waals surface area contributed by atoms with Crippen LogP contribution in [0.3, 0.4) is 0 Å². The molecule has 0 heterocycles. The van der Waals surface area contributed by atoms with Crippen molar-refractivity contribution in [3.8, 4) is 0 Å². The Morgan fingerprint density at radius 1 is 0.727 bits per heavy atom. The first-order valence-corrected chi connectivity index (χ1v) is 0.548. The fourth-order valence-electron chi connectivity index (χ4n) is 0. The van der Waals surface area contributed by atoms with E-state index in [0.717, 1.165) is 0 Å². The Kier molecular flexibility index (Phi) is 1540. The van der Waals surface area contributed by atoms with Gasteiger partial charge in [-0.3, -0.25) is 0 Å². The molecule has 0 spiro atoms. The molecule has 0 aliphatic carbocycles.